The third-order valence-corrected chi connectivity index (χ3v) is 6.01. The van der Waals surface area contributed by atoms with Crippen LogP contribution in [0, 0.1) is 0 Å². The Morgan fingerprint density at radius 1 is 1.08 bits per heavy atom. The predicted molar refractivity (Wildman–Crippen MR) is 106 cm³/mol. The number of nitrogens with zero attached hydrogens (tertiary/aromatic N) is 2. The molecule has 0 atom stereocenters. The van der Waals surface area contributed by atoms with Gasteiger partial charge in [0.2, 0.25) is 0 Å². The molecule has 5 heteroatoms. The predicted octanol–water partition coefficient (Wildman–Crippen LogP) is 5.90. The Bertz CT molecular complexity index is 1030. The first-order chi connectivity index (χ1) is 12.0. The number of benzene rings is 1. The van der Waals surface area contributed by atoms with Crippen LogP contribution >= 0.6 is 22.7 Å². The van der Waals surface area contributed by atoms with Gasteiger partial charge in [0.15, 0.2) is 11.2 Å². The molecule has 0 N–H and O–H groups in total. The normalized spacial score (nSPS) is 12.0. The summed E-state index contributed by atoms with van der Waals surface area (Å²) >= 11 is 3.16. The SMILES string of the molecule is CC(C)(C)c1ccc(-c2csc3nc(-c4cccs4)c(C=O)n23)cc1. The first-order valence-corrected chi connectivity index (χ1v) is 9.85. The molecule has 0 saturated heterocycles. The van der Waals surface area contributed by atoms with Crippen LogP contribution in [-0.2, 0) is 5.41 Å². The Morgan fingerprint density at radius 3 is 2.44 bits per heavy atom. The third-order valence-electron chi connectivity index (χ3n) is 4.31. The van der Waals surface area contributed by atoms with E-state index in [-0.39, 0.29) is 5.41 Å². The molecule has 3 heterocycles. The van der Waals surface area contributed by atoms with E-state index in [1.807, 2.05) is 21.9 Å². The van der Waals surface area contributed by atoms with Crippen LogP contribution < -0.4 is 0 Å². The quantitative estimate of drug-likeness (QED) is 0.423. The molecule has 126 valence electrons. The Kier molecular flexibility index (Phi) is 3.85. The summed E-state index contributed by atoms with van der Waals surface area (Å²) in [5.74, 6) is 0. The van der Waals surface area contributed by atoms with E-state index in [4.69, 9.17) is 0 Å². The van der Waals surface area contributed by atoms with E-state index in [0.717, 1.165) is 33.1 Å². The maximum absolute atomic E-state index is 11.8. The number of aldehydes is 1. The molecule has 4 rings (SSSR count). The van der Waals surface area contributed by atoms with E-state index in [1.54, 1.807) is 22.7 Å². The summed E-state index contributed by atoms with van der Waals surface area (Å²) in [4.78, 5) is 18.4. The molecule has 1 aromatic carbocycles. The second kappa shape index (κ2) is 5.93. The topological polar surface area (TPSA) is 34.4 Å². The number of rotatable bonds is 3. The Morgan fingerprint density at radius 2 is 1.84 bits per heavy atom. The second-order valence-corrected chi connectivity index (χ2v) is 8.79. The maximum atomic E-state index is 11.8. The van der Waals surface area contributed by atoms with Crippen LogP contribution in [0.1, 0.15) is 36.8 Å². The average molecular weight is 367 g/mol. The fraction of sp³-hybridized carbons (Fsp3) is 0.200. The minimum Gasteiger partial charge on any atom is -0.296 e. The zero-order valence-corrected chi connectivity index (χ0v) is 15.9. The lowest BCUT2D eigenvalue weighted by molar-refractivity contribution is 0.111. The highest BCUT2D eigenvalue weighted by Gasteiger charge is 2.19. The summed E-state index contributed by atoms with van der Waals surface area (Å²) in [5.41, 5.74) is 4.91. The molecular weight excluding hydrogens is 348 g/mol. The standard InChI is InChI=1S/C20H18N2OS2/c1-20(2,3)14-8-6-13(7-9-14)16-12-25-19-21-18(15(11-23)22(16)19)17-5-4-10-24-17/h4-12H,1-3H3. The molecule has 0 aliphatic heterocycles. The highest BCUT2D eigenvalue weighted by molar-refractivity contribution is 7.15. The van der Waals surface area contributed by atoms with Crippen molar-refractivity contribution in [2.75, 3.05) is 0 Å². The van der Waals surface area contributed by atoms with Gasteiger partial charge in [-0.2, -0.15) is 0 Å². The largest absolute Gasteiger partial charge is 0.296 e. The lowest BCUT2D eigenvalue weighted by Crippen LogP contribution is -2.10. The van der Waals surface area contributed by atoms with Gasteiger partial charge >= 0.3 is 0 Å². The summed E-state index contributed by atoms with van der Waals surface area (Å²) in [6.45, 7) is 6.62. The summed E-state index contributed by atoms with van der Waals surface area (Å²) < 4.78 is 1.97. The van der Waals surface area contributed by atoms with E-state index in [9.17, 15) is 4.79 Å². The van der Waals surface area contributed by atoms with Crippen molar-refractivity contribution in [2.24, 2.45) is 0 Å². The minimum atomic E-state index is 0.123. The smallest absolute Gasteiger partial charge is 0.195 e. The number of hydrogen-bond donors (Lipinski definition) is 0. The van der Waals surface area contributed by atoms with Crippen molar-refractivity contribution in [2.45, 2.75) is 26.2 Å². The third kappa shape index (κ3) is 2.73. The van der Waals surface area contributed by atoms with Crippen LogP contribution in [0.2, 0.25) is 0 Å². The average Bonchev–Trinajstić information content (AvgIpc) is 3.29. The molecule has 0 aliphatic carbocycles. The molecule has 25 heavy (non-hydrogen) atoms. The van der Waals surface area contributed by atoms with Gasteiger partial charge in [-0.3, -0.25) is 9.20 Å². The van der Waals surface area contributed by atoms with Crippen LogP contribution in [-0.4, -0.2) is 15.7 Å². The van der Waals surface area contributed by atoms with Crippen molar-refractivity contribution in [1.29, 1.82) is 0 Å². The number of thiophene rings is 1. The number of imidazole rings is 1. The molecule has 0 spiro atoms. The van der Waals surface area contributed by atoms with Crippen LogP contribution in [0.4, 0.5) is 0 Å². The van der Waals surface area contributed by atoms with Crippen molar-refractivity contribution >= 4 is 33.9 Å². The van der Waals surface area contributed by atoms with E-state index in [0.29, 0.717) is 5.69 Å². The zero-order chi connectivity index (χ0) is 17.6. The molecule has 0 amide bonds. The molecule has 0 fully saturated rings. The summed E-state index contributed by atoms with van der Waals surface area (Å²) in [5, 5.41) is 4.07. The lowest BCUT2D eigenvalue weighted by Gasteiger charge is -2.19. The maximum Gasteiger partial charge on any atom is 0.195 e. The number of carbonyl (C=O) groups is 1. The van der Waals surface area contributed by atoms with Crippen molar-refractivity contribution in [3.63, 3.8) is 0 Å². The number of thiazole rings is 1. The fourth-order valence-corrected chi connectivity index (χ4v) is 4.55. The first-order valence-electron chi connectivity index (χ1n) is 8.09. The zero-order valence-electron chi connectivity index (χ0n) is 14.3. The van der Waals surface area contributed by atoms with Gasteiger partial charge in [-0.1, -0.05) is 51.1 Å². The van der Waals surface area contributed by atoms with Crippen LogP contribution in [0.25, 0.3) is 26.8 Å². The van der Waals surface area contributed by atoms with Gasteiger partial charge in [0.05, 0.1) is 10.6 Å². The van der Waals surface area contributed by atoms with Gasteiger partial charge in [-0.25, -0.2) is 4.98 Å². The van der Waals surface area contributed by atoms with Crippen LogP contribution in [0.3, 0.4) is 0 Å². The number of fused-ring (bicyclic) bond motifs is 1. The van der Waals surface area contributed by atoms with Crippen LogP contribution in [0.15, 0.2) is 47.2 Å². The monoisotopic (exact) mass is 366 g/mol. The first kappa shape index (κ1) is 16.2. The molecule has 0 bridgehead atoms. The van der Waals surface area contributed by atoms with Crippen molar-refractivity contribution < 1.29 is 4.79 Å². The molecule has 3 aromatic heterocycles. The molecule has 4 aromatic rings. The van der Waals surface area contributed by atoms with Gasteiger partial charge in [-0.05, 0) is 28.0 Å². The summed E-state index contributed by atoms with van der Waals surface area (Å²) in [6.07, 6.45) is 0.912. The highest BCUT2D eigenvalue weighted by atomic mass is 32.1. The summed E-state index contributed by atoms with van der Waals surface area (Å²) in [7, 11) is 0. The molecule has 3 nitrogen and oxygen atoms in total. The van der Waals surface area contributed by atoms with Gasteiger partial charge in [0.1, 0.15) is 11.4 Å². The van der Waals surface area contributed by atoms with Gasteiger partial charge in [-0.15, -0.1) is 22.7 Å². The van der Waals surface area contributed by atoms with E-state index in [1.165, 1.54) is 5.56 Å². The Labute approximate surface area is 154 Å². The molecule has 0 aliphatic rings. The fourth-order valence-electron chi connectivity index (χ4n) is 2.93. The molecular formula is C20H18N2OS2. The van der Waals surface area contributed by atoms with Crippen molar-refractivity contribution in [1.82, 2.24) is 9.38 Å². The number of carbonyl (C=O) groups excluding carboxylic acids is 1. The highest BCUT2D eigenvalue weighted by Crippen LogP contribution is 2.34. The molecule has 0 saturated carbocycles. The number of hydrogen-bond acceptors (Lipinski definition) is 4. The van der Waals surface area contributed by atoms with Gasteiger partial charge < -0.3 is 0 Å². The van der Waals surface area contributed by atoms with Crippen molar-refractivity contribution in [3.8, 4) is 21.8 Å². The Hall–Kier alpha value is -2.24. The van der Waals surface area contributed by atoms with E-state index >= 15 is 0 Å². The number of aromatic nitrogens is 2. The van der Waals surface area contributed by atoms with Gasteiger partial charge in [0, 0.05) is 5.38 Å². The van der Waals surface area contributed by atoms with E-state index in [2.05, 4.69) is 55.4 Å². The summed E-state index contributed by atoms with van der Waals surface area (Å²) in [6, 6.07) is 12.6. The molecule has 0 radical (unpaired) electrons. The second-order valence-electron chi connectivity index (χ2n) is 7.01. The minimum absolute atomic E-state index is 0.123. The Balaban J connectivity index is 1.87. The molecule has 0 unspecified atom stereocenters. The van der Waals surface area contributed by atoms with E-state index < -0.39 is 0 Å². The van der Waals surface area contributed by atoms with Crippen LogP contribution in [0.5, 0.6) is 0 Å². The van der Waals surface area contributed by atoms with Gasteiger partial charge in [0.25, 0.3) is 0 Å². The lowest BCUT2D eigenvalue weighted by atomic mass is 9.86. The van der Waals surface area contributed by atoms with Crippen molar-refractivity contribution in [3.05, 3.63) is 58.4 Å².